The Morgan fingerprint density at radius 1 is 1.31 bits per heavy atom. The van der Waals surface area contributed by atoms with Crippen LogP contribution in [0.3, 0.4) is 0 Å². The fraction of sp³-hybridized carbons (Fsp3) is 0.167. The standard InChI is InChI=1S/C6HCl5N2/c7-2-1-13(11,5(2)10)6-3(8)4(9)12-6/h5H/q+1. The molecule has 0 aromatic carbocycles. The van der Waals surface area contributed by atoms with Crippen LogP contribution in [-0.4, -0.2) is 15.3 Å². The molecule has 0 aromatic heterocycles. The van der Waals surface area contributed by atoms with Crippen molar-refractivity contribution in [3.05, 3.63) is 21.4 Å². The highest BCUT2D eigenvalue weighted by Gasteiger charge is 2.56. The van der Waals surface area contributed by atoms with Crippen LogP contribution in [0.25, 0.3) is 0 Å². The van der Waals surface area contributed by atoms with Gasteiger partial charge in [0.1, 0.15) is 0 Å². The summed E-state index contributed by atoms with van der Waals surface area (Å²) in [6, 6.07) is 0. The highest BCUT2D eigenvalue weighted by atomic mass is 35.5. The smallest absolute Gasteiger partial charge is 0.179 e. The van der Waals surface area contributed by atoms with Crippen molar-refractivity contribution < 1.29 is 4.00 Å². The Hall–Kier alpha value is 0.560. The number of rotatable bonds is 0. The molecule has 7 heteroatoms. The van der Waals surface area contributed by atoms with E-state index in [1.165, 1.54) is 0 Å². The number of hydrogen-bond acceptors (Lipinski definition) is 1. The molecule has 0 spiro atoms. The van der Waals surface area contributed by atoms with Gasteiger partial charge in [0.15, 0.2) is 27.0 Å². The molecule has 0 saturated heterocycles. The predicted octanol–water partition coefficient (Wildman–Crippen LogP) is 3.48. The summed E-state index contributed by atoms with van der Waals surface area (Å²) < 4.78 is -0.338. The van der Waals surface area contributed by atoms with E-state index >= 15 is 0 Å². The van der Waals surface area contributed by atoms with Gasteiger partial charge in [-0.3, -0.25) is 0 Å². The van der Waals surface area contributed by atoms with Crippen molar-refractivity contribution in [1.82, 2.24) is 0 Å². The van der Waals surface area contributed by atoms with Crippen LogP contribution in [0, 0.1) is 6.20 Å². The van der Waals surface area contributed by atoms with Gasteiger partial charge in [0.2, 0.25) is 11.7 Å². The molecule has 0 aliphatic carbocycles. The summed E-state index contributed by atoms with van der Waals surface area (Å²) >= 11 is 28.7. The van der Waals surface area contributed by atoms with Gasteiger partial charge < -0.3 is 0 Å². The van der Waals surface area contributed by atoms with Gasteiger partial charge in [-0.15, -0.1) is 4.00 Å². The number of aliphatic imine (C=N–C) groups is 1. The van der Waals surface area contributed by atoms with E-state index in [1.54, 1.807) is 0 Å². The highest BCUT2D eigenvalue weighted by molar-refractivity contribution is 6.53. The summed E-state index contributed by atoms with van der Waals surface area (Å²) in [6.07, 6.45) is 2.67. The lowest BCUT2D eigenvalue weighted by molar-refractivity contribution is -0.704. The Kier molecular flexibility index (Phi) is 2.35. The largest absolute Gasteiger partial charge is 0.276 e. The molecule has 0 aromatic rings. The van der Waals surface area contributed by atoms with Gasteiger partial charge in [-0.05, 0) is 11.6 Å². The van der Waals surface area contributed by atoms with Crippen LogP contribution >= 0.6 is 58.2 Å². The van der Waals surface area contributed by atoms with Crippen molar-refractivity contribution in [3.8, 4) is 0 Å². The van der Waals surface area contributed by atoms with Crippen molar-refractivity contribution in [1.29, 1.82) is 0 Å². The SMILES string of the molecule is ClC1=[C][N+](Cl)(C2=NC(Cl)=C2Cl)C1Cl. The maximum Gasteiger partial charge on any atom is 0.276 e. The van der Waals surface area contributed by atoms with E-state index in [0.29, 0.717) is 15.9 Å². The third kappa shape index (κ3) is 1.24. The fourth-order valence-corrected chi connectivity index (χ4v) is 2.26. The van der Waals surface area contributed by atoms with Gasteiger partial charge in [-0.1, -0.05) is 34.8 Å². The lowest BCUT2D eigenvalue weighted by atomic mass is 10.3. The predicted molar refractivity (Wildman–Crippen MR) is 54.5 cm³/mol. The molecule has 2 nitrogen and oxygen atoms in total. The van der Waals surface area contributed by atoms with E-state index in [1.807, 2.05) is 0 Å². The van der Waals surface area contributed by atoms with E-state index in [0.717, 1.165) is 0 Å². The topological polar surface area (TPSA) is 12.4 Å². The summed E-state index contributed by atoms with van der Waals surface area (Å²) in [5, 5.41) is 0.884. The molecule has 2 aliphatic rings. The Balaban J connectivity index is 2.27. The second-order valence-electron chi connectivity index (χ2n) is 2.47. The molecule has 1 radical (unpaired) electrons. The maximum absolute atomic E-state index is 6.00. The molecule has 2 aliphatic heterocycles. The first-order valence-electron chi connectivity index (χ1n) is 3.15. The summed E-state index contributed by atoms with van der Waals surface area (Å²) in [7, 11) is 0. The summed E-state index contributed by atoms with van der Waals surface area (Å²) in [5.41, 5.74) is -0.597. The zero-order valence-electron chi connectivity index (χ0n) is 5.86. The van der Waals surface area contributed by atoms with Gasteiger partial charge in [-0.2, -0.15) is 4.99 Å². The van der Waals surface area contributed by atoms with E-state index in [2.05, 4.69) is 11.2 Å². The van der Waals surface area contributed by atoms with E-state index in [9.17, 15) is 0 Å². The third-order valence-corrected chi connectivity index (χ3v) is 3.85. The van der Waals surface area contributed by atoms with E-state index in [4.69, 9.17) is 58.2 Å². The minimum absolute atomic E-state index is 0.225. The van der Waals surface area contributed by atoms with Gasteiger partial charge in [0, 0.05) is 0 Å². The Labute approximate surface area is 99.7 Å². The first kappa shape index (κ1) is 10.1. The van der Waals surface area contributed by atoms with Crippen molar-refractivity contribution in [2.75, 3.05) is 0 Å². The van der Waals surface area contributed by atoms with Gasteiger partial charge >= 0.3 is 0 Å². The number of halogens is 5. The molecular weight excluding hydrogens is 277 g/mol. The van der Waals surface area contributed by atoms with Crippen LogP contribution in [0.5, 0.6) is 0 Å². The van der Waals surface area contributed by atoms with Crippen molar-refractivity contribution in [2.45, 2.75) is 5.50 Å². The molecule has 2 atom stereocenters. The number of alkyl halides is 1. The average Bonchev–Trinajstić information content (AvgIpc) is 2.12. The van der Waals surface area contributed by atoms with Crippen LogP contribution < -0.4 is 0 Å². The minimum Gasteiger partial charge on any atom is -0.179 e. The summed E-state index contributed by atoms with van der Waals surface area (Å²) in [6.45, 7) is 0. The van der Waals surface area contributed by atoms with E-state index < -0.39 is 5.50 Å². The molecule has 2 rings (SSSR count). The summed E-state index contributed by atoms with van der Waals surface area (Å²) in [5.74, 6) is 0.373. The van der Waals surface area contributed by atoms with Crippen LogP contribution in [-0.2, 0) is 0 Å². The second-order valence-corrected chi connectivity index (χ2v) is 4.56. The quantitative estimate of drug-likeness (QED) is 0.365. The maximum atomic E-state index is 6.00. The second kappa shape index (κ2) is 3.02. The van der Waals surface area contributed by atoms with Crippen LogP contribution in [0.1, 0.15) is 0 Å². The molecule has 0 N–H and O–H groups in total. The molecular formula is C6HCl5N2+. The first-order chi connectivity index (χ1) is 5.97. The molecule has 2 heterocycles. The van der Waals surface area contributed by atoms with E-state index in [-0.39, 0.29) is 9.16 Å². The molecule has 0 saturated carbocycles. The lowest BCUT2D eigenvalue weighted by Gasteiger charge is -2.36. The molecule has 69 valence electrons. The van der Waals surface area contributed by atoms with Gasteiger partial charge in [-0.25, -0.2) is 0 Å². The van der Waals surface area contributed by atoms with Crippen LogP contribution in [0.15, 0.2) is 20.2 Å². The first-order valence-corrected chi connectivity index (χ1v) is 5.05. The van der Waals surface area contributed by atoms with Crippen LogP contribution in [0.2, 0.25) is 0 Å². The van der Waals surface area contributed by atoms with Crippen molar-refractivity contribution in [3.63, 3.8) is 0 Å². The monoisotopic (exact) mass is 276 g/mol. The highest BCUT2D eigenvalue weighted by Crippen LogP contribution is 2.45. The molecule has 2 unspecified atom stereocenters. The normalized spacial score (nSPS) is 37.8. The number of nitrogens with zero attached hydrogens (tertiary/aromatic N) is 2. The molecule has 0 amide bonds. The summed E-state index contributed by atoms with van der Waals surface area (Å²) in [4.78, 5) is 3.83. The molecule has 0 bridgehead atoms. The molecule has 13 heavy (non-hydrogen) atoms. The Morgan fingerprint density at radius 3 is 2.23 bits per heavy atom. The molecule has 0 fully saturated rings. The van der Waals surface area contributed by atoms with Crippen LogP contribution in [0.4, 0.5) is 0 Å². The minimum atomic E-state index is -0.597. The third-order valence-electron chi connectivity index (χ3n) is 1.68. The van der Waals surface area contributed by atoms with Gasteiger partial charge in [0.25, 0.3) is 5.84 Å². The fourth-order valence-electron chi connectivity index (χ4n) is 0.962. The zero-order valence-corrected chi connectivity index (χ0v) is 9.64. The Morgan fingerprint density at radius 2 is 1.92 bits per heavy atom. The van der Waals surface area contributed by atoms with Gasteiger partial charge in [0.05, 0.1) is 0 Å². The number of amidine groups is 1. The lowest BCUT2D eigenvalue weighted by Crippen LogP contribution is -2.54. The van der Waals surface area contributed by atoms with Crippen molar-refractivity contribution >= 4 is 64.0 Å². The zero-order chi connectivity index (χ0) is 9.80. The van der Waals surface area contributed by atoms with Crippen molar-refractivity contribution in [2.24, 2.45) is 4.99 Å². The average molecular weight is 278 g/mol. The number of hydrogen-bond donors (Lipinski definition) is 0. The Bertz CT molecular complexity index is 371. The number of quaternary nitrogens is 1.